The summed E-state index contributed by atoms with van der Waals surface area (Å²) >= 11 is 3.44. The quantitative estimate of drug-likeness (QED) is 0.589. The number of halogens is 1. The second-order valence-corrected chi connectivity index (χ2v) is 4.20. The van der Waals surface area contributed by atoms with Crippen LogP contribution in [0.25, 0.3) is 11.0 Å². The van der Waals surface area contributed by atoms with Crippen molar-refractivity contribution in [1.82, 2.24) is 0 Å². The predicted molar refractivity (Wildman–Crippen MR) is 62.9 cm³/mol. The van der Waals surface area contributed by atoms with Gasteiger partial charge in [0.25, 0.3) is 0 Å². The Kier molecular flexibility index (Phi) is 3.25. The van der Waals surface area contributed by atoms with Gasteiger partial charge >= 0.3 is 0 Å². The SMILES string of the molecule is BrCCCCc1[12cH]oc2ccccc12. The minimum absolute atomic E-state index is 1.00. The minimum Gasteiger partial charge on any atom is -0.464 e. The third-order valence-corrected chi connectivity index (χ3v) is 2.95. The van der Waals surface area contributed by atoms with E-state index in [-0.39, 0.29) is 0 Å². The van der Waals surface area contributed by atoms with E-state index in [4.69, 9.17) is 4.42 Å². The Labute approximate surface area is 92.2 Å². The smallest absolute Gasteiger partial charge is 0.134 e. The molecule has 0 saturated heterocycles. The molecule has 0 bridgehead atoms. The van der Waals surface area contributed by atoms with Gasteiger partial charge in [-0.05, 0) is 30.9 Å². The van der Waals surface area contributed by atoms with Gasteiger partial charge in [0, 0.05) is 10.7 Å². The molecular weight excluding hydrogens is 240 g/mol. The molecule has 0 aliphatic carbocycles. The molecule has 1 aromatic carbocycles. The standard InChI is InChI=1S/C12H13BrO/c13-8-4-3-5-10-9-14-12-7-2-1-6-11(10)12/h1-2,6-7,9H,3-5,8H2/i9+0. The monoisotopic (exact) mass is 252 g/mol. The maximum Gasteiger partial charge on any atom is 0.134 e. The number of alkyl halides is 1. The number of benzene rings is 1. The molecule has 0 aliphatic heterocycles. The Morgan fingerprint density at radius 3 is 2.86 bits per heavy atom. The van der Waals surface area contributed by atoms with E-state index in [0.29, 0.717) is 0 Å². The van der Waals surface area contributed by atoms with Gasteiger partial charge in [-0.15, -0.1) is 0 Å². The average molecular weight is 253 g/mol. The minimum atomic E-state index is 1.00. The van der Waals surface area contributed by atoms with E-state index in [1.165, 1.54) is 23.8 Å². The van der Waals surface area contributed by atoms with Crippen LogP contribution in [0.4, 0.5) is 0 Å². The predicted octanol–water partition coefficient (Wildman–Crippen LogP) is 4.15. The Balaban J connectivity index is 2.17. The number of fused-ring (bicyclic) bond motifs is 1. The Hall–Kier alpha value is -0.760. The molecule has 0 saturated carbocycles. The number of hydrogen-bond acceptors (Lipinski definition) is 1. The first-order valence-corrected chi connectivity index (χ1v) is 6.05. The number of para-hydroxylation sites is 1. The van der Waals surface area contributed by atoms with Crippen LogP contribution in [0.15, 0.2) is 34.9 Å². The molecule has 0 fully saturated rings. The van der Waals surface area contributed by atoms with E-state index >= 15 is 0 Å². The Morgan fingerprint density at radius 2 is 2.00 bits per heavy atom. The third kappa shape index (κ3) is 2.01. The largest absolute Gasteiger partial charge is 0.464 e. The normalized spacial score (nSPS) is 10.9. The molecule has 0 aliphatic rings. The molecule has 74 valence electrons. The summed E-state index contributed by atoms with van der Waals surface area (Å²) in [7, 11) is 0. The average Bonchev–Trinajstić information content (AvgIpc) is 2.63. The molecule has 2 heteroatoms. The lowest BCUT2D eigenvalue weighted by Gasteiger charge is -1.95. The van der Waals surface area contributed by atoms with Crippen molar-refractivity contribution in [3.05, 3.63) is 36.1 Å². The van der Waals surface area contributed by atoms with Crippen LogP contribution in [0, 0.1) is 0 Å². The van der Waals surface area contributed by atoms with Gasteiger partial charge in [0.1, 0.15) is 5.58 Å². The van der Waals surface area contributed by atoms with Crippen molar-refractivity contribution >= 4 is 26.9 Å². The van der Waals surface area contributed by atoms with Gasteiger partial charge in [-0.2, -0.15) is 0 Å². The molecule has 0 radical (unpaired) electrons. The topological polar surface area (TPSA) is 13.1 Å². The first kappa shape index (κ1) is 9.78. The Bertz CT molecular complexity index is 405. The number of furan rings is 1. The molecule has 1 nitrogen and oxygen atoms in total. The van der Waals surface area contributed by atoms with Crippen molar-refractivity contribution in [2.45, 2.75) is 19.3 Å². The van der Waals surface area contributed by atoms with Gasteiger partial charge in [-0.3, -0.25) is 0 Å². The van der Waals surface area contributed by atoms with Crippen LogP contribution in [-0.4, -0.2) is 5.33 Å². The van der Waals surface area contributed by atoms with Crippen LogP contribution < -0.4 is 0 Å². The summed E-state index contributed by atoms with van der Waals surface area (Å²) in [6.45, 7) is 0. The fourth-order valence-corrected chi connectivity index (χ4v) is 2.03. The molecule has 0 amide bonds. The summed E-state index contributed by atoms with van der Waals surface area (Å²) in [6.07, 6.45) is 5.44. The van der Waals surface area contributed by atoms with Crippen molar-refractivity contribution in [1.29, 1.82) is 0 Å². The molecule has 0 N–H and O–H groups in total. The van der Waals surface area contributed by atoms with E-state index in [1.54, 1.807) is 0 Å². The van der Waals surface area contributed by atoms with Gasteiger partial charge < -0.3 is 4.42 Å². The lowest BCUT2D eigenvalue weighted by atomic mass is 10.1. The summed E-state index contributed by atoms with van der Waals surface area (Å²) in [5, 5.41) is 2.35. The van der Waals surface area contributed by atoms with Crippen molar-refractivity contribution in [3.63, 3.8) is 0 Å². The highest BCUT2D eigenvalue weighted by atomic mass is 79.9. The second kappa shape index (κ2) is 4.65. The number of rotatable bonds is 4. The van der Waals surface area contributed by atoms with Crippen LogP contribution in [0.5, 0.6) is 0 Å². The summed E-state index contributed by atoms with van der Waals surface area (Å²) in [5.41, 5.74) is 2.34. The molecule has 1 aromatic heterocycles. The van der Waals surface area contributed by atoms with E-state index < -0.39 is 0 Å². The van der Waals surface area contributed by atoms with Gasteiger partial charge in [-0.1, -0.05) is 34.1 Å². The zero-order chi connectivity index (χ0) is 9.80. The maximum atomic E-state index is 5.47. The molecule has 2 rings (SSSR count). The molecule has 0 atom stereocenters. The number of aryl methyl sites for hydroxylation is 1. The summed E-state index contributed by atoms with van der Waals surface area (Å²) in [4.78, 5) is 0. The fourth-order valence-electron chi connectivity index (χ4n) is 1.64. The van der Waals surface area contributed by atoms with Crippen LogP contribution in [-0.2, 0) is 6.42 Å². The summed E-state index contributed by atoms with van der Waals surface area (Å²) in [5.74, 6) is 0. The van der Waals surface area contributed by atoms with E-state index in [2.05, 4.69) is 28.1 Å². The number of hydrogen-bond donors (Lipinski definition) is 0. The molecular formula is C12H13BrO. The molecule has 1 heterocycles. The second-order valence-electron chi connectivity index (χ2n) is 3.40. The molecule has 0 unspecified atom stereocenters. The van der Waals surface area contributed by atoms with Gasteiger partial charge in [0.2, 0.25) is 0 Å². The highest BCUT2D eigenvalue weighted by Crippen LogP contribution is 2.22. The zero-order valence-electron chi connectivity index (χ0n) is 8.00. The highest BCUT2D eigenvalue weighted by Gasteiger charge is 2.03. The molecule has 14 heavy (non-hydrogen) atoms. The lowest BCUT2D eigenvalue weighted by molar-refractivity contribution is 0.608. The molecule has 2 aromatic rings. The van der Waals surface area contributed by atoms with Crippen molar-refractivity contribution in [2.75, 3.05) is 5.33 Å². The fraction of sp³-hybridized carbons (Fsp3) is 0.333. The zero-order valence-corrected chi connectivity index (χ0v) is 9.59. The van der Waals surface area contributed by atoms with E-state index in [1.807, 2.05) is 18.4 Å². The third-order valence-electron chi connectivity index (χ3n) is 2.39. The first-order chi connectivity index (χ1) is 6.92. The van der Waals surface area contributed by atoms with Crippen LogP contribution in [0.3, 0.4) is 0 Å². The highest BCUT2D eigenvalue weighted by molar-refractivity contribution is 9.09. The van der Waals surface area contributed by atoms with Crippen molar-refractivity contribution in [3.8, 4) is 0 Å². The first-order valence-electron chi connectivity index (χ1n) is 4.93. The number of unbranched alkanes of at least 4 members (excludes halogenated alkanes) is 1. The van der Waals surface area contributed by atoms with Gasteiger partial charge in [0.05, 0.1) is 6.26 Å². The maximum absolute atomic E-state index is 5.47. The van der Waals surface area contributed by atoms with E-state index in [0.717, 1.165) is 17.3 Å². The van der Waals surface area contributed by atoms with Crippen LogP contribution in [0.1, 0.15) is 18.4 Å². The summed E-state index contributed by atoms with van der Waals surface area (Å²) < 4.78 is 5.47. The van der Waals surface area contributed by atoms with Gasteiger partial charge in [0.15, 0.2) is 0 Å². The molecule has 0 spiro atoms. The summed E-state index contributed by atoms with van der Waals surface area (Å²) in [6, 6.07) is 8.21. The van der Waals surface area contributed by atoms with Gasteiger partial charge in [-0.25, -0.2) is 0 Å². The van der Waals surface area contributed by atoms with Crippen LogP contribution >= 0.6 is 15.9 Å². The van der Waals surface area contributed by atoms with Crippen LogP contribution in [0.2, 0.25) is 0 Å². The van der Waals surface area contributed by atoms with Crippen molar-refractivity contribution in [2.24, 2.45) is 0 Å². The Morgan fingerprint density at radius 1 is 1.14 bits per heavy atom. The van der Waals surface area contributed by atoms with Crippen molar-refractivity contribution < 1.29 is 4.42 Å². The lowest BCUT2D eigenvalue weighted by Crippen LogP contribution is -1.83. The van der Waals surface area contributed by atoms with E-state index in [9.17, 15) is 0 Å².